The number of sulfonamides is 1. The van der Waals surface area contributed by atoms with Crippen molar-refractivity contribution in [3.63, 3.8) is 0 Å². The Bertz CT molecular complexity index is 1490. The van der Waals surface area contributed by atoms with Crippen molar-refractivity contribution in [3.8, 4) is 0 Å². The van der Waals surface area contributed by atoms with Gasteiger partial charge in [0.05, 0.1) is 11.9 Å². The molecule has 1 aliphatic carbocycles. The first-order chi connectivity index (χ1) is 20.0. The number of carbonyl (C=O) groups is 2. The van der Waals surface area contributed by atoms with E-state index in [0.717, 1.165) is 53.8 Å². The Morgan fingerprint density at radius 2 is 1.57 bits per heavy atom. The van der Waals surface area contributed by atoms with Crippen LogP contribution >= 0.6 is 23.2 Å². The first-order valence-corrected chi connectivity index (χ1v) is 16.7. The third-order valence-corrected chi connectivity index (χ3v) is 9.17. The molecule has 7 nitrogen and oxygen atoms in total. The number of benzene rings is 3. The molecule has 2 amide bonds. The Morgan fingerprint density at radius 3 is 2.21 bits per heavy atom. The second-order valence-corrected chi connectivity index (χ2v) is 13.7. The minimum atomic E-state index is -3.87. The highest BCUT2D eigenvalue weighted by Gasteiger charge is 2.34. The summed E-state index contributed by atoms with van der Waals surface area (Å²) < 4.78 is 27.1. The van der Waals surface area contributed by atoms with Crippen molar-refractivity contribution in [2.45, 2.75) is 64.1 Å². The van der Waals surface area contributed by atoms with Crippen LogP contribution in [0.2, 0.25) is 10.0 Å². The number of anilines is 1. The fourth-order valence-electron chi connectivity index (χ4n) is 5.42. The van der Waals surface area contributed by atoms with E-state index in [-0.39, 0.29) is 24.9 Å². The molecule has 1 fully saturated rings. The van der Waals surface area contributed by atoms with Crippen LogP contribution in [0.25, 0.3) is 0 Å². The summed E-state index contributed by atoms with van der Waals surface area (Å²) in [4.78, 5) is 29.7. The molecular weight excluding hydrogens is 593 g/mol. The van der Waals surface area contributed by atoms with E-state index in [2.05, 4.69) is 5.32 Å². The number of hydrogen-bond donors (Lipinski definition) is 1. The summed E-state index contributed by atoms with van der Waals surface area (Å²) in [6.45, 7) is 1.33. The van der Waals surface area contributed by atoms with E-state index >= 15 is 0 Å². The highest BCUT2D eigenvalue weighted by atomic mass is 35.5. The monoisotopic (exact) mass is 629 g/mol. The molecule has 10 heteroatoms. The molecule has 0 aliphatic heterocycles. The highest BCUT2D eigenvalue weighted by molar-refractivity contribution is 7.92. The Kier molecular flexibility index (Phi) is 10.9. The van der Waals surface area contributed by atoms with Gasteiger partial charge in [-0.2, -0.15) is 0 Å². The Morgan fingerprint density at radius 1 is 0.905 bits per heavy atom. The van der Waals surface area contributed by atoms with Crippen LogP contribution in [0.4, 0.5) is 5.69 Å². The van der Waals surface area contributed by atoms with Crippen LogP contribution in [0, 0.1) is 6.92 Å². The molecule has 3 aromatic carbocycles. The van der Waals surface area contributed by atoms with Gasteiger partial charge in [-0.25, -0.2) is 8.42 Å². The first-order valence-electron chi connectivity index (χ1n) is 14.1. The Hall–Kier alpha value is -3.07. The average Bonchev–Trinajstić information content (AvgIpc) is 2.94. The lowest BCUT2D eigenvalue weighted by Gasteiger charge is -2.35. The van der Waals surface area contributed by atoms with E-state index in [4.69, 9.17) is 23.2 Å². The molecule has 0 heterocycles. The largest absolute Gasteiger partial charge is 0.352 e. The molecule has 1 saturated carbocycles. The summed E-state index contributed by atoms with van der Waals surface area (Å²) in [5, 5.41) is 4.16. The quantitative estimate of drug-likeness (QED) is 0.275. The van der Waals surface area contributed by atoms with Crippen LogP contribution in [-0.2, 0) is 32.6 Å². The number of nitrogens with zero attached hydrogens (tertiary/aromatic N) is 2. The van der Waals surface area contributed by atoms with Crippen molar-refractivity contribution in [1.82, 2.24) is 10.2 Å². The Balaban J connectivity index is 1.74. The van der Waals surface area contributed by atoms with Gasteiger partial charge < -0.3 is 10.2 Å². The van der Waals surface area contributed by atoms with Crippen LogP contribution in [-0.4, -0.2) is 50.0 Å². The van der Waals surface area contributed by atoms with E-state index in [9.17, 15) is 18.0 Å². The van der Waals surface area contributed by atoms with Crippen molar-refractivity contribution in [1.29, 1.82) is 0 Å². The highest BCUT2D eigenvalue weighted by Crippen LogP contribution is 2.27. The van der Waals surface area contributed by atoms with Gasteiger partial charge >= 0.3 is 0 Å². The van der Waals surface area contributed by atoms with Gasteiger partial charge in [0, 0.05) is 29.1 Å². The van der Waals surface area contributed by atoms with Crippen LogP contribution in [0.1, 0.15) is 48.8 Å². The summed E-state index contributed by atoms with van der Waals surface area (Å²) in [5.74, 6) is -0.760. The predicted molar refractivity (Wildman–Crippen MR) is 169 cm³/mol. The normalized spacial score (nSPS) is 14.7. The molecule has 1 atom stereocenters. The fourth-order valence-corrected chi connectivity index (χ4v) is 6.77. The second-order valence-electron chi connectivity index (χ2n) is 10.9. The summed E-state index contributed by atoms with van der Waals surface area (Å²) in [5.41, 5.74) is 2.58. The maximum Gasteiger partial charge on any atom is 0.244 e. The molecule has 1 N–H and O–H groups in total. The lowest BCUT2D eigenvalue weighted by molar-refractivity contribution is -0.140. The molecule has 0 spiro atoms. The number of hydrogen-bond acceptors (Lipinski definition) is 4. The standard InChI is InChI=1S/C32H37Cl2N3O4S/c1-23-18-27(34)16-17-29(23)37(42(2,40)41)22-31(38)36(21-25-12-9-13-26(33)19-25)30(20-24-10-5-3-6-11-24)32(39)35-28-14-7-4-8-15-28/h3,5-6,9-13,16-19,28,30H,4,7-8,14-15,20-22H2,1-2H3,(H,35,39). The molecule has 0 radical (unpaired) electrons. The van der Waals surface area contributed by atoms with Gasteiger partial charge in [-0.15, -0.1) is 0 Å². The average molecular weight is 631 g/mol. The zero-order valence-electron chi connectivity index (χ0n) is 23.9. The number of carbonyl (C=O) groups excluding carboxylic acids is 2. The summed E-state index contributed by atoms with van der Waals surface area (Å²) in [6, 6.07) is 20.6. The number of rotatable bonds is 11. The smallest absolute Gasteiger partial charge is 0.244 e. The zero-order chi connectivity index (χ0) is 30.3. The molecule has 1 aliphatic rings. The summed E-state index contributed by atoms with van der Waals surface area (Å²) >= 11 is 12.4. The van der Waals surface area contributed by atoms with Gasteiger partial charge in [0.1, 0.15) is 12.6 Å². The Labute approximate surface area is 258 Å². The molecule has 224 valence electrons. The fraction of sp³-hybridized carbons (Fsp3) is 0.375. The number of nitrogens with one attached hydrogen (secondary N) is 1. The van der Waals surface area contributed by atoms with Crippen LogP contribution in [0.5, 0.6) is 0 Å². The zero-order valence-corrected chi connectivity index (χ0v) is 26.3. The van der Waals surface area contributed by atoms with E-state index in [1.165, 1.54) is 4.90 Å². The van der Waals surface area contributed by atoms with Gasteiger partial charge in [-0.1, -0.05) is 84.9 Å². The van der Waals surface area contributed by atoms with E-state index in [1.54, 1.807) is 43.3 Å². The SMILES string of the molecule is Cc1cc(Cl)ccc1N(CC(=O)N(Cc1cccc(Cl)c1)C(Cc1ccccc1)C(=O)NC1CCCCC1)S(C)(=O)=O. The van der Waals surface area contributed by atoms with Gasteiger partial charge in [0.15, 0.2) is 0 Å². The molecule has 42 heavy (non-hydrogen) atoms. The van der Waals surface area contributed by atoms with Crippen molar-refractivity contribution in [3.05, 3.63) is 99.5 Å². The molecule has 0 saturated heterocycles. The third-order valence-electron chi connectivity index (χ3n) is 7.57. The van der Waals surface area contributed by atoms with E-state index in [0.29, 0.717) is 21.3 Å². The molecule has 3 aromatic rings. The van der Waals surface area contributed by atoms with Crippen molar-refractivity contribution < 1.29 is 18.0 Å². The topological polar surface area (TPSA) is 86.8 Å². The first kappa shape index (κ1) is 31.9. The van der Waals surface area contributed by atoms with Gasteiger partial charge in [-0.05, 0) is 66.8 Å². The van der Waals surface area contributed by atoms with Gasteiger partial charge in [-0.3, -0.25) is 13.9 Å². The molecule has 0 aromatic heterocycles. The molecule has 4 rings (SSSR count). The number of amides is 2. The third kappa shape index (κ3) is 8.72. The maximum atomic E-state index is 14.3. The summed E-state index contributed by atoms with van der Waals surface area (Å²) in [6.07, 6.45) is 6.35. The second kappa shape index (κ2) is 14.4. The van der Waals surface area contributed by atoms with Crippen molar-refractivity contribution >= 4 is 50.7 Å². The van der Waals surface area contributed by atoms with Crippen LogP contribution < -0.4 is 9.62 Å². The molecule has 0 bridgehead atoms. The number of halogens is 2. The lowest BCUT2D eigenvalue weighted by Crippen LogP contribution is -2.55. The van der Waals surface area contributed by atoms with E-state index in [1.807, 2.05) is 36.4 Å². The van der Waals surface area contributed by atoms with E-state index < -0.39 is 28.5 Å². The summed E-state index contributed by atoms with van der Waals surface area (Å²) in [7, 11) is -3.87. The molecular formula is C32H37Cl2N3O4S. The maximum absolute atomic E-state index is 14.3. The van der Waals surface area contributed by atoms with Gasteiger partial charge in [0.2, 0.25) is 21.8 Å². The minimum absolute atomic E-state index is 0.0388. The lowest BCUT2D eigenvalue weighted by atomic mass is 9.94. The molecule has 1 unspecified atom stereocenters. The van der Waals surface area contributed by atoms with Crippen LogP contribution in [0.3, 0.4) is 0 Å². The van der Waals surface area contributed by atoms with Gasteiger partial charge in [0.25, 0.3) is 0 Å². The van der Waals surface area contributed by atoms with Crippen molar-refractivity contribution in [2.75, 3.05) is 17.1 Å². The van der Waals surface area contributed by atoms with Crippen molar-refractivity contribution in [2.24, 2.45) is 0 Å². The number of aryl methyl sites for hydroxylation is 1. The van der Waals surface area contributed by atoms with Crippen LogP contribution in [0.15, 0.2) is 72.8 Å². The predicted octanol–water partition coefficient (Wildman–Crippen LogP) is 6.16. The minimum Gasteiger partial charge on any atom is -0.352 e.